The van der Waals surface area contributed by atoms with Crippen LogP contribution >= 0.6 is 12.2 Å². The summed E-state index contributed by atoms with van der Waals surface area (Å²) in [5.41, 5.74) is 4.31. The second kappa shape index (κ2) is 8.31. The van der Waals surface area contributed by atoms with Gasteiger partial charge in [-0.15, -0.1) is 0 Å². The van der Waals surface area contributed by atoms with Gasteiger partial charge in [0.15, 0.2) is 5.11 Å². The summed E-state index contributed by atoms with van der Waals surface area (Å²) < 4.78 is 0. The fraction of sp³-hybridized carbons (Fsp3) is 0.429. The van der Waals surface area contributed by atoms with Gasteiger partial charge in [0.25, 0.3) is 5.69 Å². The maximum Gasteiger partial charge on any atom is 0.270 e. The standard InChI is InChI=1S/C14H20N4O2S/c1-4-6-13(16-17-14(21)15-10(2)3)11-7-5-8-12(9-11)18(19)20/h5,7-10H,4,6H2,1-3H3,(H2,15,17,21)/b16-13-. The van der Waals surface area contributed by atoms with Gasteiger partial charge < -0.3 is 5.32 Å². The number of hydrogen-bond donors (Lipinski definition) is 2. The van der Waals surface area contributed by atoms with Crippen LogP contribution in [0.5, 0.6) is 0 Å². The highest BCUT2D eigenvalue weighted by Gasteiger charge is 2.10. The van der Waals surface area contributed by atoms with Crippen molar-refractivity contribution in [3.05, 3.63) is 39.9 Å². The lowest BCUT2D eigenvalue weighted by Gasteiger charge is -2.11. The van der Waals surface area contributed by atoms with E-state index in [1.54, 1.807) is 6.07 Å². The van der Waals surface area contributed by atoms with Crippen molar-refractivity contribution >= 4 is 28.7 Å². The summed E-state index contributed by atoms with van der Waals surface area (Å²) in [4.78, 5) is 10.4. The molecule has 0 spiro atoms. The Morgan fingerprint density at radius 1 is 1.48 bits per heavy atom. The van der Waals surface area contributed by atoms with Gasteiger partial charge in [0.05, 0.1) is 10.6 Å². The summed E-state index contributed by atoms with van der Waals surface area (Å²) in [6.07, 6.45) is 1.59. The van der Waals surface area contributed by atoms with Crippen molar-refractivity contribution in [1.82, 2.24) is 10.7 Å². The van der Waals surface area contributed by atoms with Crippen molar-refractivity contribution in [2.75, 3.05) is 0 Å². The van der Waals surface area contributed by atoms with Gasteiger partial charge in [-0.05, 0) is 32.5 Å². The molecule has 6 nitrogen and oxygen atoms in total. The SMILES string of the molecule is CCC/C(=N/NC(=S)NC(C)C)c1cccc([N+](=O)[O-])c1. The third-order valence-electron chi connectivity index (χ3n) is 2.59. The topological polar surface area (TPSA) is 79.6 Å². The highest BCUT2D eigenvalue weighted by Crippen LogP contribution is 2.15. The van der Waals surface area contributed by atoms with Crippen molar-refractivity contribution in [1.29, 1.82) is 0 Å². The molecule has 0 bridgehead atoms. The van der Waals surface area contributed by atoms with Crippen LogP contribution in [0.2, 0.25) is 0 Å². The molecule has 114 valence electrons. The molecule has 21 heavy (non-hydrogen) atoms. The van der Waals surface area contributed by atoms with Gasteiger partial charge in [-0.1, -0.05) is 25.5 Å². The Bertz CT molecular complexity index is 544. The average Bonchev–Trinajstić information content (AvgIpc) is 2.42. The Labute approximate surface area is 129 Å². The number of thiocarbonyl (C=S) groups is 1. The Balaban J connectivity index is 2.92. The molecule has 0 aromatic heterocycles. The number of nitro benzene ring substituents is 1. The van der Waals surface area contributed by atoms with Crippen LogP contribution in [0, 0.1) is 10.1 Å². The fourth-order valence-electron chi connectivity index (χ4n) is 1.71. The second-order valence-electron chi connectivity index (χ2n) is 4.86. The molecule has 1 aromatic rings. The van der Waals surface area contributed by atoms with E-state index < -0.39 is 4.92 Å². The zero-order chi connectivity index (χ0) is 15.8. The lowest BCUT2D eigenvalue weighted by Crippen LogP contribution is -2.37. The molecule has 0 unspecified atom stereocenters. The molecule has 0 heterocycles. The zero-order valence-electron chi connectivity index (χ0n) is 12.4. The Morgan fingerprint density at radius 2 is 2.19 bits per heavy atom. The van der Waals surface area contributed by atoms with Gasteiger partial charge in [-0.2, -0.15) is 5.10 Å². The number of benzene rings is 1. The van der Waals surface area contributed by atoms with Crippen LogP contribution in [0.4, 0.5) is 5.69 Å². The summed E-state index contributed by atoms with van der Waals surface area (Å²) in [6, 6.07) is 6.67. The van der Waals surface area contributed by atoms with E-state index in [0.717, 1.165) is 17.7 Å². The molecular weight excluding hydrogens is 288 g/mol. The van der Waals surface area contributed by atoms with E-state index >= 15 is 0 Å². The molecule has 0 aliphatic heterocycles. The Morgan fingerprint density at radius 3 is 2.76 bits per heavy atom. The van der Waals surface area contributed by atoms with Crippen molar-refractivity contribution in [2.24, 2.45) is 5.10 Å². The van der Waals surface area contributed by atoms with Crippen LogP contribution in [-0.2, 0) is 0 Å². The van der Waals surface area contributed by atoms with Crippen LogP contribution in [-0.4, -0.2) is 21.8 Å². The third kappa shape index (κ3) is 5.86. The van der Waals surface area contributed by atoms with Crippen molar-refractivity contribution in [3.63, 3.8) is 0 Å². The molecule has 0 aliphatic rings. The maximum absolute atomic E-state index is 10.8. The normalized spacial score (nSPS) is 11.3. The molecule has 0 radical (unpaired) electrons. The van der Waals surface area contributed by atoms with E-state index in [1.165, 1.54) is 12.1 Å². The third-order valence-corrected chi connectivity index (χ3v) is 2.80. The summed E-state index contributed by atoms with van der Waals surface area (Å²) in [5.74, 6) is 0. The van der Waals surface area contributed by atoms with E-state index in [2.05, 4.69) is 15.8 Å². The minimum Gasteiger partial charge on any atom is -0.359 e. The van der Waals surface area contributed by atoms with E-state index in [9.17, 15) is 10.1 Å². The molecule has 1 rings (SSSR count). The molecule has 0 amide bonds. The number of nitro groups is 1. The van der Waals surface area contributed by atoms with Crippen LogP contribution in [0.25, 0.3) is 0 Å². The van der Waals surface area contributed by atoms with E-state index in [4.69, 9.17) is 12.2 Å². The zero-order valence-corrected chi connectivity index (χ0v) is 13.2. The summed E-state index contributed by atoms with van der Waals surface area (Å²) >= 11 is 5.11. The molecular formula is C14H20N4O2S. The van der Waals surface area contributed by atoms with Crippen LogP contribution in [0.3, 0.4) is 0 Å². The van der Waals surface area contributed by atoms with Crippen LogP contribution < -0.4 is 10.7 Å². The first-order valence-corrected chi connectivity index (χ1v) is 7.22. The fourth-order valence-corrected chi connectivity index (χ4v) is 1.99. The minimum atomic E-state index is -0.411. The monoisotopic (exact) mass is 308 g/mol. The number of hydrazone groups is 1. The minimum absolute atomic E-state index is 0.0548. The summed E-state index contributed by atoms with van der Waals surface area (Å²) in [7, 11) is 0. The number of nitrogens with one attached hydrogen (secondary N) is 2. The number of hydrogen-bond acceptors (Lipinski definition) is 4. The van der Waals surface area contributed by atoms with Gasteiger partial charge in [-0.3, -0.25) is 15.5 Å². The Hall–Kier alpha value is -2.02. The summed E-state index contributed by atoms with van der Waals surface area (Å²) in [5, 5.41) is 18.6. The van der Waals surface area contributed by atoms with Gasteiger partial charge in [0.1, 0.15) is 0 Å². The number of rotatable bonds is 6. The molecule has 0 aliphatic carbocycles. The van der Waals surface area contributed by atoms with Gasteiger partial charge in [0.2, 0.25) is 0 Å². The van der Waals surface area contributed by atoms with Gasteiger partial charge in [0, 0.05) is 23.7 Å². The Kier molecular flexibility index (Phi) is 6.74. The van der Waals surface area contributed by atoms with Crippen molar-refractivity contribution < 1.29 is 4.92 Å². The van der Waals surface area contributed by atoms with Gasteiger partial charge >= 0.3 is 0 Å². The van der Waals surface area contributed by atoms with Crippen LogP contribution in [0.1, 0.15) is 39.2 Å². The smallest absolute Gasteiger partial charge is 0.270 e. The van der Waals surface area contributed by atoms with Crippen molar-refractivity contribution in [2.45, 2.75) is 39.7 Å². The molecule has 0 fully saturated rings. The molecule has 1 aromatic carbocycles. The van der Waals surface area contributed by atoms with Crippen molar-refractivity contribution in [3.8, 4) is 0 Å². The van der Waals surface area contributed by atoms with E-state index in [0.29, 0.717) is 11.5 Å². The first-order chi connectivity index (χ1) is 9.93. The first kappa shape index (κ1) is 17.0. The highest BCUT2D eigenvalue weighted by molar-refractivity contribution is 7.80. The van der Waals surface area contributed by atoms with Gasteiger partial charge in [-0.25, -0.2) is 0 Å². The average molecular weight is 308 g/mol. The number of nitrogens with zero attached hydrogens (tertiary/aromatic N) is 2. The maximum atomic E-state index is 10.8. The lowest BCUT2D eigenvalue weighted by molar-refractivity contribution is -0.384. The lowest BCUT2D eigenvalue weighted by atomic mass is 10.1. The predicted molar refractivity (Wildman–Crippen MR) is 88.5 cm³/mol. The molecule has 0 saturated carbocycles. The molecule has 7 heteroatoms. The second-order valence-corrected chi connectivity index (χ2v) is 5.26. The summed E-state index contributed by atoms with van der Waals surface area (Å²) in [6.45, 7) is 5.98. The molecule has 0 saturated heterocycles. The highest BCUT2D eigenvalue weighted by atomic mass is 32.1. The first-order valence-electron chi connectivity index (χ1n) is 6.82. The van der Waals surface area contributed by atoms with Crippen LogP contribution in [0.15, 0.2) is 29.4 Å². The molecule has 0 atom stereocenters. The number of non-ortho nitro benzene ring substituents is 1. The molecule has 2 N–H and O–H groups in total. The van der Waals surface area contributed by atoms with E-state index in [-0.39, 0.29) is 11.7 Å². The largest absolute Gasteiger partial charge is 0.359 e. The predicted octanol–water partition coefficient (Wildman–Crippen LogP) is 2.97. The van der Waals surface area contributed by atoms with E-state index in [1.807, 2.05) is 26.8 Å². The quantitative estimate of drug-likeness (QED) is 0.365.